The number of unbranched alkanes of at least 4 members (excludes halogenated alkanes) is 1. The molecule has 0 aromatic rings. The number of hydrogen-bond donors (Lipinski definition) is 1. The van der Waals surface area contributed by atoms with Gasteiger partial charge in [-0.2, -0.15) is 0 Å². The monoisotopic (exact) mass is 244 g/mol. The van der Waals surface area contributed by atoms with Gasteiger partial charge in [0.25, 0.3) is 0 Å². The fourth-order valence-corrected chi connectivity index (χ4v) is 2.30. The van der Waals surface area contributed by atoms with Gasteiger partial charge in [-0.3, -0.25) is 4.79 Å². The highest BCUT2D eigenvalue weighted by Crippen LogP contribution is 2.37. The maximum Gasteiger partial charge on any atom is 0.314 e. The maximum absolute atomic E-state index is 12.1. The molecule has 0 aliphatic heterocycles. The minimum absolute atomic E-state index is 0.153. The number of hydrogen-bond acceptors (Lipinski definition) is 4. The van der Waals surface area contributed by atoms with Gasteiger partial charge in [0.2, 0.25) is 0 Å². The summed E-state index contributed by atoms with van der Waals surface area (Å²) in [5, 5.41) is 9.51. The Balaban J connectivity index is 2.54. The number of methoxy groups -OCH3 is 1. The molecule has 0 heterocycles. The van der Waals surface area contributed by atoms with Crippen LogP contribution in [0, 0.1) is 5.41 Å². The Morgan fingerprint density at radius 1 is 1.41 bits per heavy atom. The number of aliphatic hydroxyl groups is 1. The molecular formula is C13H24O4. The van der Waals surface area contributed by atoms with Gasteiger partial charge < -0.3 is 14.6 Å². The van der Waals surface area contributed by atoms with E-state index < -0.39 is 5.41 Å². The third-order valence-corrected chi connectivity index (χ3v) is 3.50. The van der Waals surface area contributed by atoms with Gasteiger partial charge in [0.15, 0.2) is 0 Å². The molecule has 100 valence electrons. The molecule has 0 aromatic carbocycles. The summed E-state index contributed by atoms with van der Waals surface area (Å²) in [7, 11) is 1.60. The number of carbonyl (C=O) groups excluding carboxylic acids is 1. The predicted octanol–water partition coefficient (Wildman–Crippen LogP) is 1.90. The first kappa shape index (κ1) is 14.5. The summed E-state index contributed by atoms with van der Waals surface area (Å²) in [6.45, 7) is 2.95. The van der Waals surface area contributed by atoms with Crippen molar-refractivity contribution in [2.45, 2.75) is 51.6 Å². The summed E-state index contributed by atoms with van der Waals surface area (Å²) in [5.41, 5.74) is -0.526. The zero-order valence-electron chi connectivity index (χ0n) is 10.9. The number of carbonyl (C=O) groups is 1. The van der Waals surface area contributed by atoms with E-state index in [4.69, 9.17) is 9.47 Å². The SMILES string of the molecule is CCCCOC(=O)[C@]1(COC)CC[C@@H](O)CC1. The van der Waals surface area contributed by atoms with Crippen LogP contribution < -0.4 is 0 Å². The van der Waals surface area contributed by atoms with E-state index in [0.717, 1.165) is 12.8 Å². The Hall–Kier alpha value is -0.610. The Morgan fingerprint density at radius 3 is 2.59 bits per heavy atom. The fraction of sp³-hybridized carbons (Fsp3) is 0.923. The Labute approximate surface area is 103 Å². The molecule has 0 saturated heterocycles. The Kier molecular flexibility index (Phi) is 5.92. The summed E-state index contributed by atoms with van der Waals surface area (Å²) >= 11 is 0. The van der Waals surface area contributed by atoms with E-state index in [-0.39, 0.29) is 12.1 Å². The lowest BCUT2D eigenvalue weighted by molar-refractivity contribution is -0.163. The average Bonchev–Trinajstić information content (AvgIpc) is 2.33. The van der Waals surface area contributed by atoms with E-state index in [2.05, 4.69) is 6.92 Å². The second kappa shape index (κ2) is 6.97. The van der Waals surface area contributed by atoms with Crippen molar-refractivity contribution in [2.24, 2.45) is 5.41 Å². The number of rotatable bonds is 6. The number of esters is 1. The highest BCUT2D eigenvalue weighted by molar-refractivity contribution is 5.77. The van der Waals surface area contributed by atoms with Crippen molar-refractivity contribution in [3.05, 3.63) is 0 Å². The highest BCUT2D eigenvalue weighted by Gasteiger charge is 2.42. The van der Waals surface area contributed by atoms with Crippen molar-refractivity contribution in [3.63, 3.8) is 0 Å². The molecule has 0 spiro atoms. The molecule has 1 aliphatic carbocycles. The fourth-order valence-electron chi connectivity index (χ4n) is 2.30. The van der Waals surface area contributed by atoms with Gasteiger partial charge in [0, 0.05) is 7.11 Å². The summed E-state index contributed by atoms with van der Waals surface area (Å²) in [5.74, 6) is -0.153. The van der Waals surface area contributed by atoms with Crippen molar-refractivity contribution < 1.29 is 19.4 Å². The summed E-state index contributed by atoms with van der Waals surface area (Å²) < 4.78 is 10.5. The van der Waals surface area contributed by atoms with Crippen LogP contribution in [0.3, 0.4) is 0 Å². The molecule has 0 radical (unpaired) electrons. The van der Waals surface area contributed by atoms with E-state index in [9.17, 15) is 9.90 Å². The van der Waals surface area contributed by atoms with Crippen LogP contribution in [0.4, 0.5) is 0 Å². The Bertz CT molecular complexity index is 232. The predicted molar refractivity (Wildman–Crippen MR) is 64.7 cm³/mol. The molecule has 0 atom stereocenters. The maximum atomic E-state index is 12.1. The summed E-state index contributed by atoms with van der Waals surface area (Å²) in [6, 6.07) is 0. The van der Waals surface area contributed by atoms with E-state index in [0.29, 0.717) is 38.9 Å². The van der Waals surface area contributed by atoms with E-state index in [1.165, 1.54) is 0 Å². The van der Waals surface area contributed by atoms with Crippen molar-refractivity contribution >= 4 is 5.97 Å². The normalized spacial score (nSPS) is 29.0. The van der Waals surface area contributed by atoms with Crippen molar-refractivity contribution in [1.29, 1.82) is 0 Å². The third kappa shape index (κ3) is 3.96. The van der Waals surface area contributed by atoms with Crippen LogP contribution >= 0.6 is 0 Å². The van der Waals surface area contributed by atoms with Gasteiger partial charge >= 0.3 is 5.97 Å². The van der Waals surface area contributed by atoms with E-state index in [1.807, 2.05) is 0 Å². The standard InChI is InChI=1S/C13H24O4/c1-3-4-9-17-12(15)13(10-16-2)7-5-11(14)6-8-13/h11,14H,3-10H2,1-2H3/t11-,13-. The van der Waals surface area contributed by atoms with Crippen molar-refractivity contribution in [3.8, 4) is 0 Å². The first-order chi connectivity index (χ1) is 8.14. The number of ether oxygens (including phenoxy) is 2. The topological polar surface area (TPSA) is 55.8 Å². The molecule has 4 heteroatoms. The first-order valence-corrected chi connectivity index (χ1v) is 6.49. The molecular weight excluding hydrogens is 220 g/mol. The molecule has 1 saturated carbocycles. The van der Waals surface area contributed by atoms with Crippen LogP contribution in [-0.2, 0) is 14.3 Å². The second-order valence-corrected chi connectivity index (χ2v) is 4.93. The lowest BCUT2D eigenvalue weighted by Crippen LogP contribution is -2.41. The van der Waals surface area contributed by atoms with Gasteiger partial charge in [0.05, 0.1) is 24.7 Å². The molecule has 0 bridgehead atoms. The van der Waals surface area contributed by atoms with Gasteiger partial charge in [-0.25, -0.2) is 0 Å². The smallest absolute Gasteiger partial charge is 0.314 e. The molecule has 4 nitrogen and oxygen atoms in total. The summed E-state index contributed by atoms with van der Waals surface area (Å²) in [4.78, 5) is 12.1. The van der Waals surface area contributed by atoms with E-state index in [1.54, 1.807) is 7.11 Å². The average molecular weight is 244 g/mol. The molecule has 1 N–H and O–H groups in total. The lowest BCUT2D eigenvalue weighted by atomic mass is 9.73. The van der Waals surface area contributed by atoms with Crippen LogP contribution in [0.5, 0.6) is 0 Å². The van der Waals surface area contributed by atoms with Gasteiger partial charge in [0.1, 0.15) is 0 Å². The quantitative estimate of drug-likeness (QED) is 0.572. The Morgan fingerprint density at radius 2 is 2.06 bits per heavy atom. The van der Waals surface area contributed by atoms with Gasteiger partial charge in [-0.1, -0.05) is 13.3 Å². The zero-order chi connectivity index (χ0) is 12.7. The van der Waals surface area contributed by atoms with Crippen molar-refractivity contribution in [1.82, 2.24) is 0 Å². The molecule has 0 aromatic heterocycles. The van der Waals surface area contributed by atoms with Crippen LogP contribution in [0.1, 0.15) is 45.4 Å². The second-order valence-electron chi connectivity index (χ2n) is 4.93. The number of aliphatic hydroxyl groups excluding tert-OH is 1. The summed E-state index contributed by atoms with van der Waals surface area (Å²) in [6.07, 6.45) is 4.28. The third-order valence-electron chi connectivity index (χ3n) is 3.50. The van der Waals surface area contributed by atoms with Gasteiger partial charge in [-0.15, -0.1) is 0 Å². The van der Waals surface area contributed by atoms with Crippen LogP contribution in [-0.4, -0.2) is 37.5 Å². The van der Waals surface area contributed by atoms with Crippen LogP contribution in [0.2, 0.25) is 0 Å². The zero-order valence-corrected chi connectivity index (χ0v) is 10.9. The van der Waals surface area contributed by atoms with Crippen LogP contribution in [0.25, 0.3) is 0 Å². The van der Waals surface area contributed by atoms with E-state index >= 15 is 0 Å². The minimum Gasteiger partial charge on any atom is -0.465 e. The van der Waals surface area contributed by atoms with Crippen molar-refractivity contribution in [2.75, 3.05) is 20.3 Å². The van der Waals surface area contributed by atoms with Gasteiger partial charge in [-0.05, 0) is 32.1 Å². The molecule has 1 aliphatic rings. The highest BCUT2D eigenvalue weighted by atomic mass is 16.5. The largest absolute Gasteiger partial charge is 0.465 e. The minimum atomic E-state index is -0.526. The molecule has 17 heavy (non-hydrogen) atoms. The molecule has 0 amide bonds. The lowest BCUT2D eigenvalue weighted by Gasteiger charge is -2.36. The molecule has 0 unspecified atom stereocenters. The molecule has 1 fully saturated rings. The van der Waals surface area contributed by atoms with Crippen LogP contribution in [0.15, 0.2) is 0 Å². The first-order valence-electron chi connectivity index (χ1n) is 6.49. The molecule has 1 rings (SSSR count).